The fraction of sp³-hybridized carbons (Fsp3) is 0.250. The van der Waals surface area contributed by atoms with E-state index in [0.717, 1.165) is 6.04 Å². The van der Waals surface area contributed by atoms with Gasteiger partial charge in [-0.3, -0.25) is 0 Å². The lowest BCUT2D eigenvalue weighted by molar-refractivity contribution is -0.887. The summed E-state index contributed by atoms with van der Waals surface area (Å²) in [7, 11) is 4.55. The Labute approximate surface area is 273 Å². The lowest BCUT2D eigenvalue weighted by Crippen LogP contribution is -3.10. The topological polar surface area (TPSA) is 4.44 Å². The summed E-state index contributed by atoms with van der Waals surface area (Å²) in [6.45, 7) is 0. The Kier molecular flexibility index (Phi) is 11.2. The van der Waals surface area contributed by atoms with Crippen LogP contribution >= 0.6 is 0 Å². The Morgan fingerprint density at radius 3 is 0.740 bits per heavy atom. The van der Waals surface area contributed by atoms with E-state index >= 15 is 35.1 Å². The molecule has 1 nitrogen and oxygen atoms in total. The van der Waals surface area contributed by atoms with E-state index in [4.69, 9.17) is 0 Å². The molecule has 0 heterocycles. The van der Waals surface area contributed by atoms with Crippen molar-refractivity contribution in [1.82, 2.24) is 0 Å². The van der Waals surface area contributed by atoms with Gasteiger partial charge in [-0.05, 0) is 25.7 Å². The van der Waals surface area contributed by atoms with Crippen molar-refractivity contribution in [2.75, 3.05) is 14.1 Å². The molecule has 18 heteroatoms. The number of rotatable bonds is 5. The molecule has 0 saturated heterocycles. The van der Waals surface area contributed by atoms with Crippen molar-refractivity contribution in [2.45, 2.75) is 38.1 Å². The Morgan fingerprint density at radius 2 is 0.580 bits per heavy atom. The van der Waals surface area contributed by atoms with Gasteiger partial charge in [-0.1, -0.05) is 6.42 Å². The molecule has 5 rings (SSSR count). The second-order valence-corrected chi connectivity index (χ2v) is 11.8. The van der Waals surface area contributed by atoms with Gasteiger partial charge < -0.3 is 4.90 Å². The average Bonchev–Trinajstić information content (AvgIpc) is 3.05. The second kappa shape index (κ2) is 14.6. The van der Waals surface area contributed by atoms with E-state index in [1.54, 1.807) is 4.90 Å². The highest BCUT2D eigenvalue weighted by Crippen LogP contribution is 2.27. The van der Waals surface area contributed by atoms with Crippen LogP contribution in [0.25, 0.3) is 0 Å². The molecule has 0 aliphatic heterocycles. The number of benzene rings is 4. The summed E-state index contributed by atoms with van der Waals surface area (Å²) in [5.74, 6) is -46.2. The van der Waals surface area contributed by atoms with Crippen LogP contribution in [-0.2, 0) is 0 Å². The van der Waals surface area contributed by atoms with Crippen molar-refractivity contribution in [3.63, 3.8) is 0 Å². The van der Waals surface area contributed by atoms with Crippen LogP contribution in [0, 0.1) is 93.1 Å². The van der Waals surface area contributed by atoms with E-state index in [0.29, 0.717) is 0 Å². The van der Waals surface area contributed by atoms with Crippen LogP contribution in [0.2, 0.25) is 0 Å². The fourth-order valence-electron chi connectivity index (χ4n) is 6.43. The molecule has 1 N–H and O–H groups in total. The largest absolute Gasteiger partial charge is 0.337 e. The third-order valence-electron chi connectivity index (χ3n) is 8.74. The second-order valence-electron chi connectivity index (χ2n) is 11.8. The van der Waals surface area contributed by atoms with Crippen LogP contribution in [-0.4, -0.2) is 26.3 Å². The van der Waals surface area contributed by atoms with Gasteiger partial charge in [-0.15, -0.1) is 21.9 Å². The quantitative estimate of drug-likeness (QED) is 0.151. The SMILES string of the molecule is C[NH+](C)C1CCCCC1.Fc1cc(F)c(F)c([B-](c2c(F)c(F)cc(F)c2F)(c2c(F)c(F)cc(F)c2F)c2c(F)c(F)cc(F)c2F)c1F. The van der Waals surface area contributed by atoms with Crippen molar-refractivity contribution in [3.05, 3.63) is 117 Å². The van der Waals surface area contributed by atoms with E-state index < -0.39 is 145 Å². The number of nitrogens with one attached hydrogen (secondary N) is 1. The fourth-order valence-corrected chi connectivity index (χ4v) is 6.43. The van der Waals surface area contributed by atoms with Crippen LogP contribution in [0.1, 0.15) is 32.1 Å². The standard InChI is InChI=1S/C24H4BF16.C8H17N/c26-5-1-6(27)18(35)13(17(5)34)25(14-19(36)7(28)2-8(29)20(14)37,15-21(38)9(30)3-10(31)22(15)39)16-23(40)11(32)4-12(33)24(16)41;1-9(2)8-6-4-3-5-7-8/h1-4H;8H,3-7H2,1-2H3/q-1;/p+1. The molecule has 1 saturated carbocycles. The third-order valence-corrected chi connectivity index (χ3v) is 8.74. The van der Waals surface area contributed by atoms with E-state index in [9.17, 15) is 35.1 Å². The van der Waals surface area contributed by atoms with Crippen LogP contribution in [0.4, 0.5) is 70.2 Å². The van der Waals surface area contributed by atoms with Crippen molar-refractivity contribution in [2.24, 2.45) is 0 Å². The van der Waals surface area contributed by atoms with Crippen molar-refractivity contribution >= 4 is 28.0 Å². The van der Waals surface area contributed by atoms with Gasteiger partial charge in [-0.25, -0.2) is 70.2 Å². The molecule has 50 heavy (non-hydrogen) atoms. The van der Waals surface area contributed by atoms with Gasteiger partial charge >= 0.3 is 0 Å². The molecule has 0 atom stereocenters. The predicted octanol–water partition coefficient (Wildman–Crippen LogP) is 5.75. The number of hydrogen-bond acceptors (Lipinski definition) is 0. The van der Waals surface area contributed by atoms with E-state index in [1.807, 2.05) is 0 Å². The summed E-state index contributed by atoms with van der Waals surface area (Å²) in [6, 6.07) is -1.78. The van der Waals surface area contributed by atoms with Gasteiger partial charge in [0.25, 0.3) is 0 Å². The summed E-state index contributed by atoms with van der Waals surface area (Å²) >= 11 is 0. The molecule has 0 unspecified atom stereocenters. The summed E-state index contributed by atoms with van der Waals surface area (Å²) in [5, 5.41) is 0. The van der Waals surface area contributed by atoms with Crippen LogP contribution in [0.5, 0.6) is 0 Å². The highest BCUT2D eigenvalue weighted by atomic mass is 19.2. The molecular weight excluding hydrogens is 713 g/mol. The normalized spacial score (nSPS) is 13.9. The van der Waals surface area contributed by atoms with E-state index in [-0.39, 0.29) is 0 Å². The van der Waals surface area contributed by atoms with Crippen LogP contribution in [0.15, 0.2) is 24.3 Å². The zero-order chi connectivity index (χ0) is 37.6. The molecule has 1 aliphatic carbocycles. The maximum atomic E-state index is 15.3. The van der Waals surface area contributed by atoms with Gasteiger partial charge in [0.2, 0.25) is 0 Å². The molecule has 0 spiro atoms. The molecule has 4 aromatic rings. The highest BCUT2D eigenvalue weighted by Gasteiger charge is 2.50. The van der Waals surface area contributed by atoms with Crippen molar-refractivity contribution < 1.29 is 75.1 Å². The zero-order valence-corrected chi connectivity index (χ0v) is 25.5. The molecule has 0 amide bonds. The highest BCUT2D eigenvalue weighted by molar-refractivity contribution is 7.20. The van der Waals surface area contributed by atoms with Gasteiger partial charge in [0.05, 0.1) is 20.1 Å². The molecule has 1 fully saturated rings. The Hall–Kier alpha value is -4.22. The summed E-state index contributed by atoms with van der Waals surface area (Å²) in [5.41, 5.74) is -12.0. The summed E-state index contributed by atoms with van der Waals surface area (Å²) in [6.07, 6.45) is 0.841. The molecular formula is C32H22BF16N. The third kappa shape index (κ3) is 6.41. The van der Waals surface area contributed by atoms with Gasteiger partial charge in [0.1, 0.15) is 52.7 Å². The molecule has 0 aromatic heterocycles. The first-order chi connectivity index (χ1) is 23.3. The lowest BCUT2D eigenvalue weighted by Gasteiger charge is -2.44. The first-order valence-electron chi connectivity index (χ1n) is 14.6. The minimum absolute atomic E-state index is 0.689. The Bertz CT molecular complexity index is 1590. The summed E-state index contributed by atoms with van der Waals surface area (Å²) < 4.78 is 238. The predicted molar refractivity (Wildman–Crippen MR) is 149 cm³/mol. The molecule has 1 aliphatic rings. The summed E-state index contributed by atoms with van der Waals surface area (Å²) in [4.78, 5) is 1.65. The van der Waals surface area contributed by atoms with Crippen LogP contribution < -0.4 is 26.8 Å². The first kappa shape index (κ1) is 38.6. The maximum absolute atomic E-state index is 15.3. The molecule has 0 bridgehead atoms. The smallest absolute Gasteiger partial charge is 0.158 e. The van der Waals surface area contributed by atoms with Crippen molar-refractivity contribution in [1.29, 1.82) is 0 Å². The number of quaternary nitrogens is 1. The molecule has 4 aromatic carbocycles. The zero-order valence-electron chi connectivity index (χ0n) is 25.5. The Morgan fingerprint density at radius 1 is 0.380 bits per heavy atom. The number of hydrogen-bond donors (Lipinski definition) is 1. The molecule has 270 valence electrons. The lowest BCUT2D eigenvalue weighted by atomic mass is 9.12. The monoisotopic (exact) mass is 735 g/mol. The number of halogens is 16. The average molecular weight is 735 g/mol. The van der Waals surface area contributed by atoms with Gasteiger partial charge in [-0.2, -0.15) is 0 Å². The van der Waals surface area contributed by atoms with Gasteiger partial charge in [0, 0.05) is 24.3 Å². The Balaban J connectivity index is 0.000000541. The van der Waals surface area contributed by atoms with Crippen LogP contribution in [0.3, 0.4) is 0 Å². The minimum atomic E-state index is -6.49. The van der Waals surface area contributed by atoms with Crippen molar-refractivity contribution in [3.8, 4) is 0 Å². The minimum Gasteiger partial charge on any atom is -0.337 e. The first-order valence-corrected chi connectivity index (χ1v) is 14.6. The van der Waals surface area contributed by atoms with Gasteiger partial charge in [0.15, 0.2) is 46.5 Å². The molecule has 0 radical (unpaired) electrons. The van der Waals surface area contributed by atoms with E-state index in [1.165, 1.54) is 32.1 Å². The maximum Gasteiger partial charge on any atom is 0.158 e. The van der Waals surface area contributed by atoms with E-state index in [2.05, 4.69) is 14.1 Å².